The van der Waals surface area contributed by atoms with Crippen LogP contribution in [0.2, 0.25) is 0 Å². The summed E-state index contributed by atoms with van der Waals surface area (Å²) in [6.07, 6.45) is 5.05. The Morgan fingerprint density at radius 2 is 2.15 bits per heavy atom. The van der Waals surface area contributed by atoms with Crippen molar-refractivity contribution in [3.63, 3.8) is 0 Å². The summed E-state index contributed by atoms with van der Waals surface area (Å²) in [7, 11) is 0. The van der Waals surface area contributed by atoms with Gasteiger partial charge in [-0.1, -0.05) is 30.8 Å². The second-order valence-corrected chi connectivity index (χ2v) is 9.99. The average molecular weight is 421 g/mol. The Bertz CT molecular complexity index is 1040. The van der Waals surface area contributed by atoms with Crippen LogP contribution in [0.25, 0.3) is 15.9 Å². The minimum absolute atomic E-state index is 0.135. The Kier molecular flexibility index (Phi) is 5.62. The zero-order chi connectivity index (χ0) is 19.0. The first-order chi connectivity index (χ1) is 13.1. The number of fused-ring (bicyclic) bond motifs is 3. The highest BCUT2D eigenvalue weighted by Gasteiger charge is 2.25. The van der Waals surface area contributed by atoms with E-state index in [0.29, 0.717) is 16.5 Å². The number of hydrogen-bond acceptors (Lipinski definition) is 5. The van der Waals surface area contributed by atoms with E-state index in [1.54, 1.807) is 41.3 Å². The van der Waals surface area contributed by atoms with Gasteiger partial charge in [0.15, 0.2) is 5.16 Å². The average Bonchev–Trinajstić information content (AvgIpc) is 3.00. The molecule has 1 aliphatic carbocycles. The predicted octanol–water partition coefficient (Wildman–Crippen LogP) is 5.17. The minimum Gasteiger partial charge on any atom is -0.268 e. The highest BCUT2D eigenvalue weighted by molar-refractivity contribution is 8.02. The van der Waals surface area contributed by atoms with Crippen molar-refractivity contribution >= 4 is 45.1 Å². The van der Waals surface area contributed by atoms with Crippen LogP contribution >= 0.6 is 34.9 Å². The molecule has 0 amide bonds. The lowest BCUT2D eigenvalue weighted by atomic mass is 9.89. The monoisotopic (exact) mass is 420 g/mol. The van der Waals surface area contributed by atoms with Crippen molar-refractivity contribution in [2.45, 2.75) is 31.3 Å². The summed E-state index contributed by atoms with van der Waals surface area (Å²) in [5, 5.41) is 1.28. The van der Waals surface area contributed by atoms with Crippen LogP contribution < -0.4 is 5.56 Å². The molecule has 3 nitrogen and oxygen atoms in total. The van der Waals surface area contributed by atoms with Crippen LogP contribution in [0.15, 0.2) is 34.2 Å². The van der Waals surface area contributed by atoms with Gasteiger partial charge < -0.3 is 0 Å². The topological polar surface area (TPSA) is 34.9 Å². The molecule has 142 valence electrons. The molecule has 0 spiro atoms. The van der Waals surface area contributed by atoms with E-state index < -0.39 is 5.82 Å². The van der Waals surface area contributed by atoms with E-state index in [-0.39, 0.29) is 11.2 Å². The molecule has 3 aromatic rings. The fourth-order valence-corrected chi connectivity index (χ4v) is 6.61. The van der Waals surface area contributed by atoms with E-state index in [2.05, 4.69) is 13.2 Å². The maximum atomic E-state index is 14.5. The molecule has 0 unspecified atom stereocenters. The van der Waals surface area contributed by atoms with E-state index in [0.717, 1.165) is 41.2 Å². The van der Waals surface area contributed by atoms with Crippen molar-refractivity contribution in [2.75, 3.05) is 17.8 Å². The van der Waals surface area contributed by atoms with E-state index in [1.165, 1.54) is 27.3 Å². The van der Waals surface area contributed by atoms with Crippen LogP contribution in [0, 0.1) is 11.7 Å². The number of thiophene rings is 1. The first-order valence-corrected chi connectivity index (χ1v) is 12.2. The molecule has 0 saturated carbocycles. The van der Waals surface area contributed by atoms with Crippen LogP contribution in [-0.4, -0.2) is 27.3 Å². The molecule has 0 aliphatic heterocycles. The number of halogens is 1. The van der Waals surface area contributed by atoms with Crippen LogP contribution in [0.5, 0.6) is 0 Å². The van der Waals surface area contributed by atoms with Crippen LogP contribution in [0.3, 0.4) is 0 Å². The largest absolute Gasteiger partial charge is 0.268 e. The third kappa shape index (κ3) is 3.57. The second-order valence-electron chi connectivity index (χ2n) is 6.86. The van der Waals surface area contributed by atoms with Crippen molar-refractivity contribution in [1.82, 2.24) is 9.55 Å². The first kappa shape index (κ1) is 19.0. The van der Waals surface area contributed by atoms with Gasteiger partial charge in [0, 0.05) is 16.4 Å². The van der Waals surface area contributed by atoms with Crippen LogP contribution in [0.1, 0.15) is 23.8 Å². The summed E-state index contributed by atoms with van der Waals surface area (Å²) < 4.78 is 16.0. The third-order valence-corrected chi connectivity index (χ3v) is 7.87. The summed E-state index contributed by atoms with van der Waals surface area (Å²) >= 11 is 4.91. The number of thioether (sulfide) groups is 2. The van der Waals surface area contributed by atoms with E-state index in [1.807, 2.05) is 0 Å². The fourth-order valence-electron chi connectivity index (χ4n) is 3.53. The van der Waals surface area contributed by atoms with Crippen molar-refractivity contribution < 1.29 is 4.39 Å². The SMILES string of the molecule is CSCCSc1nc2sc3c(c2c(=O)n1-c1ccccc1F)CC[C@@H](C)C3. The highest BCUT2D eigenvalue weighted by atomic mass is 32.2. The van der Waals surface area contributed by atoms with Gasteiger partial charge >= 0.3 is 0 Å². The molecule has 0 fully saturated rings. The number of aryl methyl sites for hydroxylation is 1. The van der Waals surface area contributed by atoms with Crippen LogP contribution in [-0.2, 0) is 12.8 Å². The molecule has 0 bridgehead atoms. The van der Waals surface area contributed by atoms with Gasteiger partial charge in [-0.25, -0.2) is 9.37 Å². The smallest absolute Gasteiger partial charge is 0.267 e. The van der Waals surface area contributed by atoms with E-state index in [4.69, 9.17) is 4.98 Å². The molecule has 0 saturated heterocycles. The van der Waals surface area contributed by atoms with E-state index in [9.17, 15) is 9.18 Å². The predicted molar refractivity (Wildman–Crippen MR) is 115 cm³/mol. The van der Waals surface area contributed by atoms with Gasteiger partial charge in [-0.2, -0.15) is 11.8 Å². The van der Waals surface area contributed by atoms with Gasteiger partial charge in [-0.15, -0.1) is 11.3 Å². The summed E-state index contributed by atoms with van der Waals surface area (Å²) in [6, 6.07) is 6.46. The molecular formula is C20H21FN2OS3. The number of aromatic nitrogens is 2. The molecule has 2 heterocycles. The molecular weight excluding hydrogens is 399 g/mol. The van der Waals surface area contributed by atoms with Crippen molar-refractivity contribution in [1.29, 1.82) is 0 Å². The van der Waals surface area contributed by atoms with Gasteiger partial charge in [0.05, 0.1) is 11.1 Å². The van der Waals surface area contributed by atoms with Gasteiger partial charge in [0.25, 0.3) is 5.56 Å². The molecule has 27 heavy (non-hydrogen) atoms. The molecule has 7 heteroatoms. The number of rotatable bonds is 5. The number of benzene rings is 1. The first-order valence-electron chi connectivity index (χ1n) is 9.04. The fraction of sp³-hybridized carbons (Fsp3) is 0.400. The molecule has 0 radical (unpaired) electrons. The van der Waals surface area contributed by atoms with Gasteiger partial charge in [-0.3, -0.25) is 9.36 Å². The maximum Gasteiger partial charge on any atom is 0.267 e. The second kappa shape index (κ2) is 7.97. The molecule has 1 aliphatic rings. The number of nitrogens with zero attached hydrogens (tertiary/aromatic N) is 2. The Morgan fingerprint density at radius 3 is 2.93 bits per heavy atom. The Hall–Kier alpha value is -1.31. The molecule has 0 N–H and O–H groups in total. The summed E-state index contributed by atoms with van der Waals surface area (Å²) in [4.78, 5) is 20.4. The maximum absolute atomic E-state index is 14.5. The lowest BCUT2D eigenvalue weighted by Crippen LogP contribution is -2.23. The Labute approximate surface area is 170 Å². The molecule has 1 atom stereocenters. The van der Waals surface area contributed by atoms with Crippen molar-refractivity contribution in [3.05, 3.63) is 50.9 Å². The zero-order valence-corrected chi connectivity index (χ0v) is 17.8. The standard InChI is InChI=1S/C20H21FN2OS3/c1-12-7-8-13-16(11-12)27-18-17(13)19(24)23(15-6-4-3-5-14(15)21)20(22-18)26-10-9-25-2/h3-6,12H,7-11H2,1-2H3/t12-/m1/s1. The zero-order valence-electron chi connectivity index (χ0n) is 15.3. The Balaban J connectivity index is 1.95. The van der Waals surface area contributed by atoms with E-state index >= 15 is 0 Å². The molecule has 2 aromatic heterocycles. The minimum atomic E-state index is -0.398. The van der Waals surface area contributed by atoms with Crippen LogP contribution in [0.4, 0.5) is 4.39 Å². The van der Waals surface area contributed by atoms with Gasteiger partial charge in [0.1, 0.15) is 10.6 Å². The summed E-state index contributed by atoms with van der Waals surface area (Å²) in [5.41, 5.74) is 1.29. The summed E-state index contributed by atoms with van der Waals surface area (Å²) in [6.45, 7) is 2.25. The lowest BCUT2D eigenvalue weighted by Gasteiger charge is -2.18. The lowest BCUT2D eigenvalue weighted by molar-refractivity contribution is 0.509. The third-order valence-electron chi connectivity index (χ3n) is 4.91. The highest BCUT2D eigenvalue weighted by Crippen LogP contribution is 2.37. The van der Waals surface area contributed by atoms with Crippen molar-refractivity contribution in [3.8, 4) is 5.69 Å². The quantitative estimate of drug-likeness (QED) is 0.324. The van der Waals surface area contributed by atoms with Gasteiger partial charge in [0.2, 0.25) is 0 Å². The normalized spacial score (nSPS) is 16.6. The Morgan fingerprint density at radius 1 is 1.33 bits per heavy atom. The van der Waals surface area contributed by atoms with Crippen molar-refractivity contribution in [2.24, 2.45) is 5.92 Å². The number of para-hydroxylation sites is 1. The van der Waals surface area contributed by atoms with Gasteiger partial charge in [-0.05, 0) is 49.1 Å². The summed E-state index contributed by atoms with van der Waals surface area (Å²) in [5.74, 6) is 2.02. The molecule has 4 rings (SSSR count). The number of hydrogen-bond donors (Lipinski definition) is 0. The molecule has 1 aromatic carbocycles.